The van der Waals surface area contributed by atoms with Crippen molar-refractivity contribution >= 4 is 28.4 Å². The molecule has 0 unspecified atom stereocenters. The van der Waals surface area contributed by atoms with Gasteiger partial charge in [-0.1, -0.05) is 24.6 Å². The summed E-state index contributed by atoms with van der Waals surface area (Å²) < 4.78 is 1.32. The van der Waals surface area contributed by atoms with Crippen LogP contribution >= 0.6 is 22.6 Å². The second-order valence-corrected chi connectivity index (χ2v) is 5.70. The zero-order chi connectivity index (χ0) is 11.4. The maximum absolute atomic E-state index is 11.7. The molecule has 1 aliphatic rings. The monoisotopic (exact) mass is 328 g/mol. The number of Topliss-reactive ketones (excluding diaryl/α,β-unsaturated/α-hetero) is 1. The Morgan fingerprint density at radius 1 is 1.31 bits per heavy atom. The van der Waals surface area contributed by atoms with Crippen molar-refractivity contribution in [3.8, 4) is 0 Å². The quantitative estimate of drug-likeness (QED) is 0.747. The SMILES string of the molecule is O=C(CCCc1ccccc1I)C1CCC1. The van der Waals surface area contributed by atoms with E-state index in [9.17, 15) is 4.79 Å². The lowest BCUT2D eigenvalue weighted by atomic mass is 9.80. The molecular formula is C14H17IO. The summed E-state index contributed by atoms with van der Waals surface area (Å²) in [6, 6.07) is 8.43. The highest BCUT2D eigenvalue weighted by Crippen LogP contribution is 2.28. The summed E-state index contributed by atoms with van der Waals surface area (Å²) in [7, 11) is 0. The van der Waals surface area contributed by atoms with Crippen LogP contribution in [0.1, 0.15) is 37.7 Å². The summed E-state index contributed by atoms with van der Waals surface area (Å²) in [4.78, 5) is 11.7. The smallest absolute Gasteiger partial charge is 0.135 e. The Morgan fingerprint density at radius 3 is 2.69 bits per heavy atom. The Labute approximate surface area is 111 Å². The number of hydrogen-bond acceptors (Lipinski definition) is 1. The maximum Gasteiger partial charge on any atom is 0.135 e. The van der Waals surface area contributed by atoms with Crippen LogP contribution in [-0.4, -0.2) is 5.78 Å². The van der Waals surface area contributed by atoms with Gasteiger partial charge < -0.3 is 0 Å². The number of hydrogen-bond donors (Lipinski definition) is 0. The van der Waals surface area contributed by atoms with Gasteiger partial charge in [-0.2, -0.15) is 0 Å². The van der Waals surface area contributed by atoms with Crippen molar-refractivity contribution in [3.63, 3.8) is 0 Å². The molecule has 2 rings (SSSR count). The van der Waals surface area contributed by atoms with Crippen LogP contribution in [0.2, 0.25) is 0 Å². The molecule has 0 bridgehead atoms. The maximum atomic E-state index is 11.7. The number of carbonyl (C=O) groups excluding carboxylic acids is 1. The standard InChI is InChI=1S/C14H17IO/c15-13-9-2-1-5-11(13)6-4-10-14(16)12-7-3-8-12/h1-2,5,9,12H,3-4,6-8,10H2. The third-order valence-corrected chi connectivity index (χ3v) is 4.44. The van der Waals surface area contributed by atoms with Gasteiger partial charge in [-0.05, 0) is 59.9 Å². The number of aryl methyl sites for hydroxylation is 1. The molecule has 0 aliphatic heterocycles. The lowest BCUT2D eigenvalue weighted by Crippen LogP contribution is -2.21. The first kappa shape index (κ1) is 12.1. The van der Waals surface area contributed by atoms with Gasteiger partial charge in [0.25, 0.3) is 0 Å². The van der Waals surface area contributed by atoms with Gasteiger partial charge in [-0.3, -0.25) is 4.79 Å². The molecule has 0 radical (unpaired) electrons. The minimum absolute atomic E-state index is 0.412. The van der Waals surface area contributed by atoms with Crippen LogP contribution in [0.4, 0.5) is 0 Å². The fraction of sp³-hybridized carbons (Fsp3) is 0.500. The molecular weight excluding hydrogens is 311 g/mol. The van der Waals surface area contributed by atoms with Crippen molar-refractivity contribution in [2.24, 2.45) is 5.92 Å². The molecule has 1 aromatic carbocycles. The molecule has 0 heterocycles. The van der Waals surface area contributed by atoms with Crippen molar-refractivity contribution in [3.05, 3.63) is 33.4 Å². The fourth-order valence-corrected chi connectivity index (χ4v) is 2.75. The van der Waals surface area contributed by atoms with Gasteiger partial charge in [-0.25, -0.2) is 0 Å². The van der Waals surface area contributed by atoms with Crippen LogP contribution < -0.4 is 0 Å². The lowest BCUT2D eigenvalue weighted by molar-refractivity contribution is -0.125. The highest BCUT2D eigenvalue weighted by Gasteiger charge is 2.24. The minimum Gasteiger partial charge on any atom is -0.299 e. The first-order chi connectivity index (χ1) is 7.77. The zero-order valence-electron chi connectivity index (χ0n) is 9.42. The second-order valence-electron chi connectivity index (χ2n) is 4.54. The van der Waals surface area contributed by atoms with Gasteiger partial charge in [0.1, 0.15) is 5.78 Å². The molecule has 0 amide bonds. The van der Waals surface area contributed by atoms with Crippen LogP contribution in [0.5, 0.6) is 0 Å². The normalized spacial score (nSPS) is 15.8. The average Bonchev–Trinajstić information content (AvgIpc) is 2.18. The molecule has 1 aromatic rings. The molecule has 0 saturated heterocycles. The molecule has 1 aliphatic carbocycles. The van der Waals surface area contributed by atoms with Crippen LogP contribution in [0.25, 0.3) is 0 Å². The van der Waals surface area contributed by atoms with E-state index in [1.54, 1.807) is 0 Å². The largest absolute Gasteiger partial charge is 0.299 e. The number of rotatable bonds is 5. The first-order valence-corrected chi connectivity index (χ1v) is 7.11. The number of halogens is 1. The lowest BCUT2D eigenvalue weighted by Gasteiger charge is -2.23. The van der Waals surface area contributed by atoms with Crippen LogP contribution in [0.15, 0.2) is 24.3 Å². The third-order valence-electron chi connectivity index (χ3n) is 3.39. The highest BCUT2D eigenvalue weighted by atomic mass is 127. The van der Waals surface area contributed by atoms with E-state index in [0.29, 0.717) is 11.7 Å². The summed E-state index contributed by atoms with van der Waals surface area (Å²) in [5.41, 5.74) is 1.38. The van der Waals surface area contributed by atoms with Crippen molar-refractivity contribution in [2.75, 3.05) is 0 Å². The Balaban J connectivity index is 1.75. The van der Waals surface area contributed by atoms with E-state index in [1.807, 2.05) is 0 Å². The summed E-state index contributed by atoms with van der Waals surface area (Å²) in [5.74, 6) is 0.909. The van der Waals surface area contributed by atoms with E-state index in [0.717, 1.165) is 32.1 Å². The Kier molecular flexibility index (Phi) is 4.38. The molecule has 2 heteroatoms. The predicted octanol–water partition coefficient (Wildman–Crippen LogP) is 3.98. The van der Waals surface area contributed by atoms with Gasteiger partial charge in [-0.15, -0.1) is 0 Å². The average molecular weight is 328 g/mol. The molecule has 0 atom stereocenters. The molecule has 16 heavy (non-hydrogen) atoms. The van der Waals surface area contributed by atoms with Crippen LogP contribution in [0.3, 0.4) is 0 Å². The van der Waals surface area contributed by atoms with E-state index < -0.39 is 0 Å². The molecule has 0 spiro atoms. The molecule has 86 valence electrons. The number of carbonyl (C=O) groups is 1. The number of benzene rings is 1. The fourth-order valence-electron chi connectivity index (χ4n) is 2.09. The molecule has 0 aromatic heterocycles. The Bertz CT molecular complexity index is 369. The Morgan fingerprint density at radius 2 is 2.06 bits per heavy atom. The van der Waals surface area contributed by atoms with Gasteiger partial charge in [0, 0.05) is 15.9 Å². The summed E-state index contributed by atoms with van der Waals surface area (Å²) in [6.45, 7) is 0. The van der Waals surface area contributed by atoms with Crippen molar-refractivity contribution in [2.45, 2.75) is 38.5 Å². The first-order valence-electron chi connectivity index (χ1n) is 6.03. The van der Waals surface area contributed by atoms with Crippen molar-refractivity contribution < 1.29 is 4.79 Å². The summed E-state index contributed by atoms with van der Waals surface area (Å²) >= 11 is 2.36. The topological polar surface area (TPSA) is 17.1 Å². The predicted molar refractivity (Wildman–Crippen MR) is 74.4 cm³/mol. The summed E-state index contributed by atoms with van der Waals surface area (Å²) in [6.07, 6.45) is 6.36. The highest BCUT2D eigenvalue weighted by molar-refractivity contribution is 14.1. The molecule has 1 saturated carbocycles. The second kappa shape index (κ2) is 5.80. The van der Waals surface area contributed by atoms with Crippen LogP contribution in [-0.2, 0) is 11.2 Å². The summed E-state index contributed by atoms with van der Waals surface area (Å²) in [5, 5.41) is 0. The van der Waals surface area contributed by atoms with Gasteiger partial charge in [0.2, 0.25) is 0 Å². The van der Waals surface area contributed by atoms with Crippen molar-refractivity contribution in [1.29, 1.82) is 0 Å². The Hall–Kier alpha value is -0.380. The van der Waals surface area contributed by atoms with Gasteiger partial charge in [0.15, 0.2) is 0 Å². The van der Waals surface area contributed by atoms with E-state index >= 15 is 0 Å². The van der Waals surface area contributed by atoms with Crippen LogP contribution in [0, 0.1) is 9.49 Å². The minimum atomic E-state index is 0.412. The number of ketones is 1. The van der Waals surface area contributed by atoms with E-state index in [-0.39, 0.29) is 0 Å². The van der Waals surface area contributed by atoms with E-state index in [4.69, 9.17) is 0 Å². The zero-order valence-corrected chi connectivity index (χ0v) is 11.6. The third kappa shape index (κ3) is 3.06. The van der Waals surface area contributed by atoms with Gasteiger partial charge in [0.05, 0.1) is 0 Å². The van der Waals surface area contributed by atoms with Crippen molar-refractivity contribution in [1.82, 2.24) is 0 Å². The van der Waals surface area contributed by atoms with E-state index in [2.05, 4.69) is 46.9 Å². The molecule has 1 nitrogen and oxygen atoms in total. The molecule has 0 N–H and O–H groups in total. The molecule has 1 fully saturated rings. The van der Waals surface area contributed by atoms with Gasteiger partial charge >= 0.3 is 0 Å². The van der Waals surface area contributed by atoms with E-state index in [1.165, 1.54) is 15.6 Å².